The summed E-state index contributed by atoms with van der Waals surface area (Å²) in [6.07, 6.45) is 1.32. The molecule has 0 saturated heterocycles. The first-order valence-corrected chi connectivity index (χ1v) is 6.02. The molecule has 2 aromatic rings. The van der Waals surface area contributed by atoms with Crippen molar-refractivity contribution in [3.63, 3.8) is 0 Å². The van der Waals surface area contributed by atoms with Gasteiger partial charge in [-0.15, -0.1) is 0 Å². The molecule has 0 spiro atoms. The van der Waals surface area contributed by atoms with Gasteiger partial charge in [-0.1, -0.05) is 0 Å². The summed E-state index contributed by atoms with van der Waals surface area (Å²) in [6.45, 7) is 2.09. The van der Waals surface area contributed by atoms with E-state index >= 15 is 0 Å². The van der Waals surface area contributed by atoms with Crippen LogP contribution in [-0.4, -0.2) is 23.0 Å². The predicted octanol–water partition coefficient (Wildman–Crippen LogP) is 2.29. The van der Waals surface area contributed by atoms with Gasteiger partial charge >= 0.3 is 5.97 Å². The second-order valence-electron chi connectivity index (χ2n) is 4.19. The number of aromatic nitrogens is 1. The zero-order chi connectivity index (χ0) is 15.4. The number of anilines is 1. The molecule has 1 heterocycles. The van der Waals surface area contributed by atoms with E-state index in [9.17, 15) is 14.9 Å². The number of nitrogens with zero attached hydrogens (tertiary/aromatic N) is 2. The number of rotatable bonds is 5. The Morgan fingerprint density at radius 1 is 1.52 bits per heavy atom. The molecule has 2 rings (SSSR count). The van der Waals surface area contributed by atoms with Crippen LogP contribution in [0.4, 0.5) is 11.4 Å². The van der Waals surface area contributed by atoms with Gasteiger partial charge in [-0.05, 0) is 13.0 Å². The zero-order valence-electron chi connectivity index (χ0n) is 11.5. The van der Waals surface area contributed by atoms with Crippen molar-refractivity contribution in [3.05, 3.63) is 51.7 Å². The summed E-state index contributed by atoms with van der Waals surface area (Å²) in [6, 6.07) is 3.94. The number of carbonyl (C=O) groups excluding carboxylic acids is 1. The molecule has 21 heavy (non-hydrogen) atoms. The highest BCUT2D eigenvalue weighted by Crippen LogP contribution is 2.23. The molecule has 0 bridgehead atoms. The van der Waals surface area contributed by atoms with E-state index in [1.165, 1.54) is 31.7 Å². The molecule has 8 heteroatoms. The number of benzene rings is 1. The first-order chi connectivity index (χ1) is 10.0. The summed E-state index contributed by atoms with van der Waals surface area (Å²) < 4.78 is 9.71. The van der Waals surface area contributed by atoms with Gasteiger partial charge in [-0.2, -0.15) is 0 Å². The van der Waals surface area contributed by atoms with Crippen molar-refractivity contribution in [2.45, 2.75) is 13.5 Å². The number of hydrogen-bond acceptors (Lipinski definition) is 7. The minimum atomic E-state index is -0.655. The second-order valence-corrected chi connectivity index (χ2v) is 4.19. The molecule has 0 unspecified atom stereocenters. The number of oxazole rings is 1. The van der Waals surface area contributed by atoms with Crippen molar-refractivity contribution in [1.82, 2.24) is 4.98 Å². The highest BCUT2D eigenvalue weighted by molar-refractivity contribution is 5.96. The summed E-state index contributed by atoms with van der Waals surface area (Å²) in [7, 11) is 1.22. The lowest BCUT2D eigenvalue weighted by Gasteiger charge is -2.09. The molecule has 0 atom stereocenters. The molecule has 0 aliphatic carbocycles. The van der Waals surface area contributed by atoms with Gasteiger partial charge in [0, 0.05) is 17.8 Å². The predicted molar refractivity (Wildman–Crippen MR) is 73.0 cm³/mol. The molecule has 1 aromatic carbocycles. The van der Waals surface area contributed by atoms with Gasteiger partial charge in [0.15, 0.2) is 6.39 Å². The minimum Gasteiger partial charge on any atom is -0.465 e. The van der Waals surface area contributed by atoms with Crippen molar-refractivity contribution < 1.29 is 18.9 Å². The summed E-state index contributed by atoms with van der Waals surface area (Å²) in [5, 5.41) is 13.8. The SMILES string of the molecule is COC(=O)c1cc([N+](=O)[O-])ccc1NCc1ncoc1C. The summed E-state index contributed by atoms with van der Waals surface area (Å²) >= 11 is 0. The Balaban J connectivity index is 2.27. The Labute approximate surface area is 119 Å². The number of ether oxygens (including phenoxy) is 1. The van der Waals surface area contributed by atoms with Crippen molar-refractivity contribution in [3.8, 4) is 0 Å². The van der Waals surface area contributed by atoms with Crippen LogP contribution in [0.5, 0.6) is 0 Å². The largest absolute Gasteiger partial charge is 0.465 e. The zero-order valence-corrected chi connectivity index (χ0v) is 11.5. The molecule has 1 aromatic heterocycles. The number of nitrogens with one attached hydrogen (secondary N) is 1. The maximum Gasteiger partial charge on any atom is 0.340 e. The first kappa shape index (κ1) is 14.5. The van der Waals surface area contributed by atoms with E-state index in [1.54, 1.807) is 6.92 Å². The molecule has 0 saturated carbocycles. The van der Waals surface area contributed by atoms with Gasteiger partial charge < -0.3 is 14.5 Å². The quantitative estimate of drug-likeness (QED) is 0.511. The Hall–Kier alpha value is -2.90. The molecular weight excluding hydrogens is 278 g/mol. The van der Waals surface area contributed by atoms with Crippen LogP contribution >= 0.6 is 0 Å². The van der Waals surface area contributed by atoms with Gasteiger partial charge in [0.2, 0.25) is 0 Å². The van der Waals surface area contributed by atoms with Gasteiger partial charge in [0.25, 0.3) is 5.69 Å². The van der Waals surface area contributed by atoms with E-state index in [4.69, 9.17) is 4.42 Å². The van der Waals surface area contributed by atoms with Crippen molar-refractivity contribution in [2.75, 3.05) is 12.4 Å². The van der Waals surface area contributed by atoms with Crippen LogP contribution in [0.15, 0.2) is 29.0 Å². The highest BCUT2D eigenvalue weighted by Gasteiger charge is 2.17. The van der Waals surface area contributed by atoms with Gasteiger partial charge in [0.1, 0.15) is 11.5 Å². The normalized spacial score (nSPS) is 10.2. The number of esters is 1. The van der Waals surface area contributed by atoms with E-state index in [-0.39, 0.29) is 11.3 Å². The molecule has 0 radical (unpaired) electrons. The average molecular weight is 291 g/mol. The number of nitro groups is 1. The fourth-order valence-corrected chi connectivity index (χ4v) is 1.76. The third-order valence-electron chi connectivity index (χ3n) is 2.91. The van der Waals surface area contributed by atoms with E-state index in [0.717, 1.165) is 0 Å². The molecule has 1 N–H and O–H groups in total. The molecule has 0 aliphatic rings. The molecule has 0 aliphatic heterocycles. The second kappa shape index (κ2) is 6.04. The van der Waals surface area contributed by atoms with Crippen molar-refractivity contribution in [2.24, 2.45) is 0 Å². The lowest BCUT2D eigenvalue weighted by molar-refractivity contribution is -0.384. The Morgan fingerprint density at radius 2 is 2.29 bits per heavy atom. The fraction of sp³-hybridized carbons (Fsp3) is 0.231. The van der Waals surface area contributed by atoms with Gasteiger partial charge in [0.05, 0.1) is 24.1 Å². The monoisotopic (exact) mass is 291 g/mol. The van der Waals surface area contributed by atoms with Crippen LogP contribution in [0.1, 0.15) is 21.8 Å². The summed E-state index contributed by atoms with van der Waals surface area (Å²) in [4.78, 5) is 25.9. The van der Waals surface area contributed by atoms with E-state index in [2.05, 4.69) is 15.0 Å². The molecule has 8 nitrogen and oxygen atoms in total. The maximum absolute atomic E-state index is 11.7. The Kier molecular flexibility index (Phi) is 4.17. The molecular formula is C13H13N3O5. The summed E-state index contributed by atoms with van der Waals surface area (Å²) in [5.41, 5.74) is 1.02. The van der Waals surface area contributed by atoms with Crippen molar-refractivity contribution >= 4 is 17.3 Å². The maximum atomic E-state index is 11.7. The topological polar surface area (TPSA) is 108 Å². The standard InChI is InChI=1S/C13H13N3O5/c1-8-12(15-7-21-8)6-14-11-4-3-9(16(18)19)5-10(11)13(17)20-2/h3-5,7,14H,6H2,1-2H3. The number of hydrogen-bond donors (Lipinski definition) is 1. The lowest BCUT2D eigenvalue weighted by atomic mass is 10.1. The van der Waals surface area contributed by atoms with E-state index in [0.29, 0.717) is 23.7 Å². The van der Waals surface area contributed by atoms with Gasteiger partial charge in [-0.25, -0.2) is 9.78 Å². The smallest absolute Gasteiger partial charge is 0.340 e. The lowest BCUT2D eigenvalue weighted by Crippen LogP contribution is -2.09. The average Bonchev–Trinajstić information content (AvgIpc) is 2.89. The molecule has 0 amide bonds. The van der Waals surface area contributed by atoms with E-state index in [1.807, 2.05) is 0 Å². The number of methoxy groups -OCH3 is 1. The van der Waals surface area contributed by atoms with Crippen LogP contribution < -0.4 is 5.32 Å². The minimum absolute atomic E-state index is 0.0906. The number of non-ortho nitro benzene ring substituents is 1. The van der Waals surface area contributed by atoms with Crippen LogP contribution in [-0.2, 0) is 11.3 Å². The van der Waals surface area contributed by atoms with Crippen LogP contribution in [0.2, 0.25) is 0 Å². The molecule has 110 valence electrons. The first-order valence-electron chi connectivity index (χ1n) is 6.02. The van der Waals surface area contributed by atoms with Crippen LogP contribution in [0.25, 0.3) is 0 Å². The Morgan fingerprint density at radius 3 is 2.86 bits per heavy atom. The summed E-state index contributed by atoms with van der Waals surface area (Å²) in [5.74, 6) is 0.00195. The Bertz CT molecular complexity index is 680. The van der Waals surface area contributed by atoms with Crippen LogP contribution in [0, 0.1) is 17.0 Å². The third kappa shape index (κ3) is 3.16. The highest BCUT2D eigenvalue weighted by atomic mass is 16.6. The third-order valence-corrected chi connectivity index (χ3v) is 2.91. The number of nitro benzene ring substituents is 1. The van der Waals surface area contributed by atoms with Crippen LogP contribution in [0.3, 0.4) is 0 Å². The van der Waals surface area contributed by atoms with Crippen molar-refractivity contribution in [1.29, 1.82) is 0 Å². The fourth-order valence-electron chi connectivity index (χ4n) is 1.76. The van der Waals surface area contributed by atoms with Gasteiger partial charge in [-0.3, -0.25) is 10.1 Å². The van der Waals surface area contributed by atoms with E-state index < -0.39 is 10.9 Å². The number of aryl methyl sites for hydroxylation is 1. The number of carbonyl (C=O) groups is 1. The molecule has 0 fully saturated rings.